The minimum absolute atomic E-state index is 0.240. The fourth-order valence-electron chi connectivity index (χ4n) is 2.19. The Hall–Kier alpha value is -2.79. The van der Waals surface area contributed by atoms with E-state index in [9.17, 15) is 4.79 Å². The Kier molecular flexibility index (Phi) is 5.48. The lowest BCUT2D eigenvalue weighted by molar-refractivity contribution is 0.252. The van der Waals surface area contributed by atoms with E-state index in [-0.39, 0.29) is 6.03 Å². The van der Waals surface area contributed by atoms with E-state index in [1.54, 1.807) is 11.3 Å². The van der Waals surface area contributed by atoms with Crippen LogP contribution in [0.2, 0.25) is 0 Å². The van der Waals surface area contributed by atoms with E-state index >= 15 is 0 Å². The van der Waals surface area contributed by atoms with Gasteiger partial charge in [0.05, 0.1) is 5.69 Å². The Morgan fingerprint density at radius 3 is 2.54 bits per heavy atom. The molecule has 2 N–H and O–H groups in total. The van der Waals surface area contributed by atoms with Crippen molar-refractivity contribution in [2.75, 3.05) is 11.9 Å². The summed E-state index contributed by atoms with van der Waals surface area (Å²) in [5.74, 6) is 1.34. The highest BCUT2D eigenvalue weighted by Gasteiger charge is 2.08. The molecule has 0 unspecified atom stereocenters. The molecule has 3 rings (SSSR count). The molecule has 2 aromatic carbocycles. The molecule has 24 heavy (non-hydrogen) atoms. The quantitative estimate of drug-likeness (QED) is 0.671. The SMILES string of the molecule is O=C(NCCc1cccs1)Nc1ccccc1Oc1ccccc1. The van der Waals surface area contributed by atoms with Gasteiger partial charge in [-0.3, -0.25) is 0 Å². The van der Waals surface area contributed by atoms with Crippen molar-refractivity contribution < 1.29 is 9.53 Å². The maximum atomic E-state index is 12.1. The second-order valence-corrected chi connectivity index (χ2v) is 6.15. The van der Waals surface area contributed by atoms with Gasteiger partial charge in [0, 0.05) is 11.4 Å². The molecule has 0 radical (unpaired) electrons. The molecule has 1 heterocycles. The molecule has 122 valence electrons. The van der Waals surface area contributed by atoms with Crippen molar-refractivity contribution in [3.05, 3.63) is 77.0 Å². The van der Waals surface area contributed by atoms with Gasteiger partial charge in [-0.25, -0.2) is 4.79 Å². The first-order chi connectivity index (χ1) is 11.8. The van der Waals surface area contributed by atoms with E-state index in [2.05, 4.69) is 16.7 Å². The number of anilines is 1. The van der Waals surface area contributed by atoms with Gasteiger partial charge >= 0.3 is 6.03 Å². The zero-order valence-corrected chi connectivity index (χ0v) is 13.9. The number of carbonyl (C=O) groups excluding carboxylic acids is 1. The lowest BCUT2D eigenvalue weighted by Gasteiger charge is -2.12. The van der Waals surface area contributed by atoms with Crippen LogP contribution in [0.4, 0.5) is 10.5 Å². The van der Waals surface area contributed by atoms with Crippen LogP contribution in [0.25, 0.3) is 0 Å². The van der Waals surface area contributed by atoms with E-state index in [1.165, 1.54) is 4.88 Å². The van der Waals surface area contributed by atoms with Gasteiger partial charge in [-0.1, -0.05) is 36.4 Å². The summed E-state index contributed by atoms with van der Waals surface area (Å²) in [6, 6.07) is 20.7. The minimum Gasteiger partial charge on any atom is -0.455 e. The summed E-state index contributed by atoms with van der Waals surface area (Å²) >= 11 is 1.69. The Balaban J connectivity index is 1.57. The summed E-state index contributed by atoms with van der Waals surface area (Å²) in [6.07, 6.45) is 0.827. The largest absolute Gasteiger partial charge is 0.455 e. The molecule has 0 fully saturated rings. The number of urea groups is 1. The maximum Gasteiger partial charge on any atom is 0.319 e. The van der Waals surface area contributed by atoms with Gasteiger partial charge in [0.25, 0.3) is 0 Å². The Labute approximate surface area is 145 Å². The zero-order chi connectivity index (χ0) is 16.6. The fraction of sp³-hybridized carbons (Fsp3) is 0.105. The summed E-state index contributed by atoms with van der Waals surface area (Å²) < 4.78 is 5.83. The summed E-state index contributed by atoms with van der Waals surface area (Å²) in [6.45, 7) is 0.591. The Bertz CT molecular complexity index is 773. The summed E-state index contributed by atoms with van der Waals surface area (Å²) in [4.78, 5) is 13.3. The predicted molar refractivity (Wildman–Crippen MR) is 98.0 cm³/mol. The first-order valence-electron chi connectivity index (χ1n) is 7.70. The second-order valence-electron chi connectivity index (χ2n) is 5.12. The van der Waals surface area contributed by atoms with E-state index in [1.807, 2.05) is 66.0 Å². The lowest BCUT2D eigenvalue weighted by atomic mass is 10.3. The maximum absolute atomic E-state index is 12.1. The van der Waals surface area contributed by atoms with Gasteiger partial charge in [0.1, 0.15) is 5.75 Å². The highest BCUT2D eigenvalue weighted by Crippen LogP contribution is 2.28. The van der Waals surface area contributed by atoms with Crippen LogP contribution < -0.4 is 15.4 Å². The van der Waals surface area contributed by atoms with E-state index in [0.29, 0.717) is 18.0 Å². The van der Waals surface area contributed by atoms with E-state index < -0.39 is 0 Å². The van der Waals surface area contributed by atoms with Crippen LogP contribution in [0.1, 0.15) is 4.88 Å². The molecule has 2 amide bonds. The van der Waals surface area contributed by atoms with Crippen LogP contribution in [0.5, 0.6) is 11.5 Å². The normalized spacial score (nSPS) is 10.2. The van der Waals surface area contributed by atoms with Crippen molar-refractivity contribution in [3.63, 3.8) is 0 Å². The van der Waals surface area contributed by atoms with E-state index in [4.69, 9.17) is 4.74 Å². The van der Waals surface area contributed by atoms with Crippen molar-refractivity contribution in [2.45, 2.75) is 6.42 Å². The first kappa shape index (κ1) is 16.1. The Morgan fingerprint density at radius 1 is 0.958 bits per heavy atom. The van der Waals surface area contributed by atoms with Crippen LogP contribution >= 0.6 is 11.3 Å². The molecule has 1 aromatic heterocycles. The molecule has 0 saturated carbocycles. The third-order valence-corrected chi connectivity index (χ3v) is 4.28. The van der Waals surface area contributed by atoms with Crippen LogP contribution in [-0.4, -0.2) is 12.6 Å². The number of benzene rings is 2. The first-order valence-corrected chi connectivity index (χ1v) is 8.58. The molecular weight excluding hydrogens is 320 g/mol. The minimum atomic E-state index is -0.240. The average molecular weight is 338 g/mol. The number of rotatable bonds is 6. The number of amides is 2. The molecule has 0 bridgehead atoms. The molecule has 0 aliphatic rings. The third kappa shape index (κ3) is 4.60. The molecule has 3 aromatic rings. The fourth-order valence-corrected chi connectivity index (χ4v) is 2.90. The van der Waals surface area contributed by atoms with E-state index in [0.717, 1.165) is 12.2 Å². The molecule has 0 aliphatic carbocycles. The number of para-hydroxylation sites is 3. The monoisotopic (exact) mass is 338 g/mol. The molecule has 0 spiro atoms. The van der Waals surface area contributed by atoms with Crippen molar-refractivity contribution in [3.8, 4) is 11.5 Å². The highest BCUT2D eigenvalue weighted by molar-refractivity contribution is 7.09. The van der Waals surface area contributed by atoms with Gasteiger partial charge in [0.15, 0.2) is 5.75 Å². The number of hydrogen-bond donors (Lipinski definition) is 2. The molecule has 4 nitrogen and oxygen atoms in total. The van der Waals surface area contributed by atoms with Crippen molar-refractivity contribution in [1.29, 1.82) is 0 Å². The number of ether oxygens (including phenoxy) is 1. The van der Waals surface area contributed by atoms with Crippen molar-refractivity contribution in [1.82, 2.24) is 5.32 Å². The van der Waals surface area contributed by atoms with Gasteiger partial charge in [-0.2, -0.15) is 0 Å². The summed E-state index contributed by atoms with van der Waals surface area (Å²) in [5, 5.41) is 7.74. The predicted octanol–water partition coefficient (Wildman–Crippen LogP) is 4.90. The van der Waals surface area contributed by atoms with Crippen molar-refractivity contribution in [2.24, 2.45) is 0 Å². The number of nitrogens with one attached hydrogen (secondary N) is 2. The zero-order valence-electron chi connectivity index (χ0n) is 13.1. The molecule has 0 aliphatic heterocycles. The topological polar surface area (TPSA) is 50.4 Å². The number of thiophene rings is 1. The van der Waals surface area contributed by atoms with Gasteiger partial charge in [-0.05, 0) is 42.1 Å². The van der Waals surface area contributed by atoms with Gasteiger partial charge < -0.3 is 15.4 Å². The lowest BCUT2D eigenvalue weighted by Crippen LogP contribution is -2.30. The van der Waals surface area contributed by atoms with Crippen molar-refractivity contribution >= 4 is 23.1 Å². The van der Waals surface area contributed by atoms with Crippen LogP contribution in [-0.2, 0) is 6.42 Å². The summed E-state index contributed by atoms with van der Waals surface area (Å²) in [7, 11) is 0. The molecular formula is C19H18N2O2S. The van der Waals surface area contributed by atoms with Crippen LogP contribution in [0, 0.1) is 0 Å². The highest BCUT2D eigenvalue weighted by atomic mass is 32.1. The number of hydrogen-bond acceptors (Lipinski definition) is 3. The van der Waals surface area contributed by atoms with Crippen LogP contribution in [0.15, 0.2) is 72.1 Å². The third-order valence-electron chi connectivity index (χ3n) is 3.34. The molecule has 0 atom stereocenters. The standard InChI is InChI=1S/C19H18N2O2S/c22-19(20-13-12-16-9-6-14-24-16)21-17-10-4-5-11-18(17)23-15-7-2-1-3-8-15/h1-11,14H,12-13H2,(H2,20,21,22). The number of carbonyl (C=O) groups is 1. The Morgan fingerprint density at radius 2 is 1.75 bits per heavy atom. The smallest absolute Gasteiger partial charge is 0.319 e. The average Bonchev–Trinajstić information content (AvgIpc) is 3.11. The molecule has 5 heteroatoms. The second kappa shape index (κ2) is 8.17. The molecule has 0 saturated heterocycles. The van der Waals surface area contributed by atoms with Crippen LogP contribution in [0.3, 0.4) is 0 Å². The summed E-state index contributed by atoms with van der Waals surface area (Å²) in [5.41, 5.74) is 0.634. The van der Waals surface area contributed by atoms with Gasteiger partial charge in [0.2, 0.25) is 0 Å². The van der Waals surface area contributed by atoms with Gasteiger partial charge in [-0.15, -0.1) is 11.3 Å².